The number of rotatable bonds is 12. The topological polar surface area (TPSA) is 84.9 Å². The molecule has 6 nitrogen and oxygen atoms in total. The Balaban J connectivity index is 2.17. The lowest BCUT2D eigenvalue weighted by atomic mass is 10.1. The molecule has 0 aliphatic carbocycles. The molecule has 0 unspecified atom stereocenters. The highest BCUT2D eigenvalue weighted by Gasteiger charge is 2.08. The van der Waals surface area contributed by atoms with Gasteiger partial charge in [0.2, 0.25) is 0 Å². The largest absolute Gasteiger partial charge is 0.504 e. The van der Waals surface area contributed by atoms with Gasteiger partial charge in [0.15, 0.2) is 18.1 Å². The molecule has 1 amide bonds. The molecular weight excluding hydrogens is 322 g/mol. The molecule has 0 saturated carbocycles. The van der Waals surface area contributed by atoms with Crippen LogP contribution in [0.3, 0.4) is 0 Å². The van der Waals surface area contributed by atoms with E-state index in [-0.39, 0.29) is 30.8 Å². The summed E-state index contributed by atoms with van der Waals surface area (Å²) in [6, 6.07) is 4.82. The fourth-order valence-corrected chi connectivity index (χ4v) is 2.35. The Bertz CT molecular complexity index is 545. The van der Waals surface area contributed by atoms with Crippen LogP contribution in [0.2, 0.25) is 0 Å². The smallest absolute Gasteiger partial charge is 0.306 e. The molecule has 1 rings (SSSR count). The van der Waals surface area contributed by atoms with Crippen molar-refractivity contribution in [2.45, 2.75) is 58.4 Å². The van der Waals surface area contributed by atoms with Crippen molar-refractivity contribution in [3.63, 3.8) is 0 Å². The van der Waals surface area contributed by atoms with E-state index in [4.69, 9.17) is 9.47 Å². The van der Waals surface area contributed by atoms with E-state index in [0.29, 0.717) is 12.2 Å². The van der Waals surface area contributed by atoms with E-state index in [0.717, 1.165) is 24.8 Å². The van der Waals surface area contributed by atoms with Gasteiger partial charge < -0.3 is 19.9 Å². The van der Waals surface area contributed by atoms with Crippen molar-refractivity contribution in [3.05, 3.63) is 23.8 Å². The van der Waals surface area contributed by atoms with Crippen LogP contribution in [0.15, 0.2) is 18.2 Å². The number of methoxy groups -OCH3 is 1. The van der Waals surface area contributed by atoms with Gasteiger partial charge in [-0.2, -0.15) is 0 Å². The van der Waals surface area contributed by atoms with Gasteiger partial charge in [-0.15, -0.1) is 0 Å². The Kier molecular flexibility index (Phi) is 10.1. The average Bonchev–Trinajstić information content (AvgIpc) is 2.62. The lowest BCUT2D eigenvalue weighted by Gasteiger charge is -2.09. The van der Waals surface area contributed by atoms with Crippen LogP contribution in [0, 0.1) is 0 Å². The molecule has 0 aliphatic heterocycles. The van der Waals surface area contributed by atoms with Crippen LogP contribution in [-0.4, -0.2) is 30.7 Å². The third kappa shape index (κ3) is 8.98. The van der Waals surface area contributed by atoms with Crippen LogP contribution >= 0.6 is 0 Å². The summed E-state index contributed by atoms with van der Waals surface area (Å²) in [6.07, 6.45) is 6.95. The first-order valence-corrected chi connectivity index (χ1v) is 8.85. The van der Waals surface area contributed by atoms with Crippen molar-refractivity contribution in [2.75, 3.05) is 13.7 Å². The van der Waals surface area contributed by atoms with E-state index in [1.807, 2.05) is 0 Å². The van der Waals surface area contributed by atoms with Gasteiger partial charge in [-0.1, -0.05) is 45.1 Å². The van der Waals surface area contributed by atoms with E-state index in [2.05, 4.69) is 12.2 Å². The molecule has 140 valence electrons. The zero-order chi connectivity index (χ0) is 18.5. The molecule has 0 saturated heterocycles. The minimum absolute atomic E-state index is 0.0428. The third-order valence-corrected chi connectivity index (χ3v) is 3.83. The van der Waals surface area contributed by atoms with Crippen LogP contribution < -0.4 is 10.1 Å². The number of carbonyl (C=O) groups is 2. The van der Waals surface area contributed by atoms with Crippen molar-refractivity contribution in [1.29, 1.82) is 0 Å². The summed E-state index contributed by atoms with van der Waals surface area (Å²) >= 11 is 0. The average molecular weight is 351 g/mol. The number of phenols is 1. The number of ether oxygens (including phenoxy) is 2. The molecule has 0 radical (unpaired) electrons. The molecule has 0 aromatic heterocycles. The van der Waals surface area contributed by atoms with Crippen LogP contribution in [-0.2, 0) is 20.9 Å². The lowest BCUT2D eigenvalue weighted by Crippen LogP contribution is -2.28. The molecule has 0 bridgehead atoms. The highest BCUT2D eigenvalue weighted by atomic mass is 16.5. The molecule has 0 heterocycles. The van der Waals surface area contributed by atoms with Crippen molar-refractivity contribution in [1.82, 2.24) is 5.32 Å². The molecule has 6 heteroatoms. The number of amides is 1. The quantitative estimate of drug-likeness (QED) is 0.446. The first-order chi connectivity index (χ1) is 12.1. The molecule has 0 aliphatic rings. The van der Waals surface area contributed by atoms with E-state index in [1.165, 1.54) is 32.4 Å². The highest BCUT2D eigenvalue weighted by molar-refractivity contribution is 5.80. The molecular formula is C19H29NO5. The monoisotopic (exact) mass is 351 g/mol. The molecule has 1 aromatic rings. The number of nitrogens with one attached hydrogen (secondary N) is 1. The van der Waals surface area contributed by atoms with E-state index in [1.54, 1.807) is 12.1 Å². The molecule has 1 aromatic carbocycles. The number of aromatic hydroxyl groups is 1. The number of hydrogen-bond donors (Lipinski definition) is 2. The third-order valence-electron chi connectivity index (χ3n) is 3.83. The van der Waals surface area contributed by atoms with Crippen molar-refractivity contribution < 1.29 is 24.2 Å². The minimum Gasteiger partial charge on any atom is -0.504 e. The summed E-state index contributed by atoms with van der Waals surface area (Å²) in [6.45, 7) is 2.16. The normalized spacial score (nSPS) is 10.3. The molecule has 25 heavy (non-hydrogen) atoms. The van der Waals surface area contributed by atoms with E-state index in [9.17, 15) is 14.7 Å². The van der Waals surface area contributed by atoms with E-state index >= 15 is 0 Å². The predicted octanol–water partition coefficient (Wildman–Crippen LogP) is 3.31. The summed E-state index contributed by atoms with van der Waals surface area (Å²) in [5.74, 6) is -0.307. The second-order valence-electron chi connectivity index (χ2n) is 5.96. The van der Waals surface area contributed by atoms with Gasteiger partial charge in [0.1, 0.15) is 0 Å². The maximum Gasteiger partial charge on any atom is 0.306 e. The van der Waals surface area contributed by atoms with Crippen molar-refractivity contribution in [3.8, 4) is 11.5 Å². The fraction of sp³-hybridized carbons (Fsp3) is 0.579. The van der Waals surface area contributed by atoms with E-state index < -0.39 is 0 Å². The lowest BCUT2D eigenvalue weighted by molar-refractivity contribution is -0.148. The van der Waals surface area contributed by atoms with Crippen molar-refractivity contribution in [2.24, 2.45) is 0 Å². The van der Waals surface area contributed by atoms with Gasteiger partial charge >= 0.3 is 5.97 Å². The SMILES string of the molecule is CCCCCCCCC(=O)OCC(=O)NCc1ccc(O)c(OC)c1. The molecule has 0 spiro atoms. The highest BCUT2D eigenvalue weighted by Crippen LogP contribution is 2.26. The summed E-state index contributed by atoms with van der Waals surface area (Å²) < 4.78 is 9.98. The fourth-order valence-electron chi connectivity index (χ4n) is 2.35. The van der Waals surface area contributed by atoms with Gasteiger partial charge in [-0.3, -0.25) is 9.59 Å². The molecule has 0 fully saturated rings. The predicted molar refractivity (Wildman–Crippen MR) is 95.5 cm³/mol. The number of phenolic OH excluding ortho intramolecular Hbond substituents is 1. The standard InChI is InChI=1S/C19H29NO5/c1-3-4-5-6-7-8-9-19(23)25-14-18(22)20-13-15-10-11-16(21)17(12-15)24-2/h10-12,21H,3-9,13-14H2,1-2H3,(H,20,22). The summed E-state index contributed by atoms with van der Waals surface area (Å²) in [7, 11) is 1.46. The van der Waals surface area contributed by atoms with Gasteiger partial charge in [0.25, 0.3) is 5.91 Å². The van der Waals surface area contributed by atoms with Crippen LogP contribution in [0.5, 0.6) is 11.5 Å². The zero-order valence-corrected chi connectivity index (χ0v) is 15.2. The van der Waals surface area contributed by atoms with Crippen molar-refractivity contribution >= 4 is 11.9 Å². The number of hydrogen-bond acceptors (Lipinski definition) is 5. The Morgan fingerprint density at radius 3 is 2.56 bits per heavy atom. The zero-order valence-electron chi connectivity index (χ0n) is 15.2. The van der Waals surface area contributed by atoms with Crippen LogP contribution in [0.25, 0.3) is 0 Å². The maximum absolute atomic E-state index is 11.7. The minimum atomic E-state index is -0.358. The van der Waals surface area contributed by atoms with Crippen LogP contribution in [0.1, 0.15) is 57.4 Å². The van der Waals surface area contributed by atoms with Gasteiger partial charge in [-0.05, 0) is 24.1 Å². The number of esters is 1. The van der Waals surface area contributed by atoms with Gasteiger partial charge in [-0.25, -0.2) is 0 Å². The maximum atomic E-state index is 11.7. The van der Waals surface area contributed by atoms with Crippen LogP contribution in [0.4, 0.5) is 0 Å². The number of carbonyl (C=O) groups excluding carboxylic acids is 2. The Hall–Kier alpha value is -2.24. The molecule has 0 atom stereocenters. The summed E-state index contributed by atoms with van der Waals surface area (Å²) in [5, 5.41) is 12.2. The van der Waals surface area contributed by atoms with Gasteiger partial charge in [0.05, 0.1) is 7.11 Å². The first kappa shape index (κ1) is 20.8. The second-order valence-corrected chi connectivity index (χ2v) is 5.96. The Morgan fingerprint density at radius 1 is 1.12 bits per heavy atom. The van der Waals surface area contributed by atoms with Gasteiger partial charge in [0, 0.05) is 13.0 Å². The molecule has 2 N–H and O–H groups in total. The second kappa shape index (κ2) is 12.2. The number of benzene rings is 1. The first-order valence-electron chi connectivity index (χ1n) is 8.85. The summed E-state index contributed by atoms with van der Waals surface area (Å²) in [5.41, 5.74) is 0.779. The number of unbranched alkanes of at least 4 members (excludes halogenated alkanes) is 5. The Morgan fingerprint density at radius 2 is 1.84 bits per heavy atom. The summed E-state index contributed by atoms with van der Waals surface area (Å²) in [4.78, 5) is 23.3. The Labute approximate surface area is 149 Å².